The van der Waals surface area contributed by atoms with Crippen LogP contribution in [0.3, 0.4) is 0 Å². The summed E-state index contributed by atoms with van der Waals surface area (Å²) in [4.78, 5) is 21.2. The van der Waals surface area contributed by atoms with Crippen molar-refractivity contribution in [2.45, 2.75) is 13.0 Å². The van der Waals surface area contributed by atoms with Gasteiger partial charge in [-0.05, 0) is 18.4 Å². The van der Waals surface area contributed by atoms with Gasteiger partial charge in [0.25, 0.3) is 0 Å². The van der Waals surface area contributed by atoms with Gasteiger partial charge in [-0.1, -0.05) is 0 Å². The maximum atomic E-state index is 11.9. The van der Waals surface area contributed by atoms with Gasteiger partial charge in [-0.25, -0.2) is 10.8 Å². The number of methoxy groups -OCH3 is 1. The van der Waals surface area contributed by atoms with Crippen molar-refractivity contribution in [1.29, 1.82) is 0 Å². The molecule has 0 aliphatic carbocycles. The zero-order chi connectivity index (χ0) is 15.2. The molecule has 0 saturated carbocycles. The van der Waals surface area contributed by atoms with E-state index in [9.17, 15) is 4.79 Å². The number of carbonyl (C=O) groups excluding carboxylic acids is 1. The molecular weight excluding hydrogens is 292 g/mol. The quantitative estimate of drug-likeness (QED) is 0.335. The molecule has 0 bridgehead atoms. The minimum absolute atomic E-state index is 0.128. The molecule has 0 saturated heterocycles. The summed E-state index contributed by atoms with van der Waals surface area (Å²) in [5, 5.41) is 8.61. The Labute approximate surface area is 126 Å². The Kier molecular flexibility index (Phi) is 5.26. The third-order valence-corrected chi connectivity index (χ3v) is 3.61. The van der Waals surface area contributed by atoms with Gasteiger partial charge in [-0.2, -0.15) is 4.98 Å². The Morgan fingerprint density at radius 3 is 3.05 bits per heavy atom. The zero-order valence-corrected chi connectivity index (χ0v) is 12.7. The van der Waals surface area contributed by atoms with Gasteiger partial charge < -0.3 is 15.4 Å². The number of nitrogens with one attached hydrogen (secondary N) is 3. The molecule has 2 rings (SSSR count). The molecule has 2 aromatic heterocycles. The van der Waals surface area contributed by atoms with Crippen molar-refractivity contribution in [2.24, 2.45) is 5.84 Å². The molecule has 0 aromatic carbocycles. The van der Waals surface area contributed by atoms with E-state index in [4.69, 9.17) is 10.6 Å². The van der Waals surface area contributed by atoms with Crippen molar-refractivity contribution in [1.82, 2.24) is 15.3 Å². The van der Waals surface area contributed by atoms with Crippen LogP contribution in [0.1, 0.15) is 6.92 Å². The molecule has 5 N–H and O–H groups in total. The monoisotopic (exact) mass is 310 g/mol. The highest BCUT2D eigenvalue weighted by Gasteiger charge is 2.16. The van der Waals surface area contributed by atoms with Gasteiger partial charge >= 0.3 is 0 Å². The number of nitrogens with two attached hydrogens (primary N) is 1. The smallest absolute Gasteiger partial charge is 0.242 e. The predicted molar refractivity (Wildman–Crippen MR) is 83.2 cm³/mol. The van der Waals surface area contributed by atoms with E-state index in [0.29, 0.717) is 24.9 Å². The molecule has 2 heterocycles. The molecule has 2 aromatic rings. The highest BCUT2D eigenvalue weighted by molar-refractivity contribution is 7.16. The zero-order valence-electron chi connectivity index (χ0n) is 11.8. The molecule has 0 fully saturated rings. The van der Waals surface area contributed by atoms with Crippen LogP contribution in [-0.4, -0.2) is 42.2 Å². The molecule has 0 aliphatic rings. The van der Waals surface area contributed by atoms with Crippen molar-refractivity contribution in [3.8, 4) is 0 Å². The summed E-state index contributed by atoms with van der Waals surface area (Å²) in [6.45, 7) is 2.70. The van der Waals surface area contributed by atoms with Gasteiger partial charge in [-0.3, -0.25) is 10.2 Å². The van der Waals surface area contributed by atoms with Gasteiger partial charge in [0.1, 0.15) is 16.7 Å². The fourth-order valence-corrected chi connectivity index (χ4v) is 2.49. The van der Waals surface area contributed by atoms with Crippen LogP contribution >= 0.6 is 11.3 Å². The molecule has 8 nitrogen and oxygen atoms in total. The number of fused-ring (bicyclic) bond motifs is 1. The van der Waals surface area contributed by atoms with E-state index < -0.39 is 6.04 Å². The highest BCUT2D eigenvalue weighted by Crippen LogP contribution is 2.26. The number of hydrogen-bond acceptors (Lipinski definition) is 8. The van der Waals surface area contributed by atoms with Crippen molar-refractivity contribution in [3.63, 3.8) is 0 Å². The molecule has 1 atom stereocenters. The van der Waals surface area contributed by atoms with Gasteiger partial charge in [0.2, 0.25) is 11.9 Å². The summed E-state index contributed by atoms with van der Waals surface area (Å²) >= 11 is 1.48. The second-order valence-electron chi connectivity index (χ2n) is 4.33. The van der Waals surface area contributed by atoms with Gasteiger partial charge in [0, 0.05) is 13.7 Å². The van der Waals surface area contributed by atoms with Crippen molar-refractivity contribution < 1.29 is 9.53 Å². The molecule has 114 valence electrons. The molecular formula is C12H18N6O2S. The van der Waals surface area contributed by atoms with Gasteiger partial charge in [0.05, 0.1) is 12.0 Å². The lowest BCUT2D eigenvalue weighted by atomic mass is 10.3. The standard InChI is InChI=1S/C12H18N6O2S/c1-7(10(19)14-4-5-20-2)15-9-8-3-6-21-11(8)17-12(16-9)18-13/h3,6-7H,4-5,13H2,1-2H3,(H,14,19)(H2,15,16,17,18). The van der Waals surface area contributed by atoms with Crippen LogP contribution in [0.15, 0.2) is 11.4 Å². The fourth-order valence-electron chi connectivity index (χ4n) is 1.73. The maximum Gasteiger partial charge on any atom is 0.242 e. The number of amides is 1. The van der Waals surface area contributed by atoms with Crippen LogP contribution < -0.4 is 21.9 Å². The van der Waals surface area contributed by atoms with Crippen LogP contribution in [0.4, 0.5) is 11.8 Å². The second kappa shape index (κ2) is 7.16. The number of thiophene rings is 1. The number of ether oxygens (including phenoxy) is 1. The molecule has 0 spiro atoms. The lowest BCUT2D eigenvalue weighted by Gasteiger charge is -2.15. The average molecular weight is 310 g/mol. The van der Waals surface area contributed by atoms with Crippen LogP contribution in [-0.2, 0) is 9.53 Å². The van der Waals surface area contributed by atoms with Crippen LogP contribution in [0, 0.1) is 0 Å². The Morgan fingerprint density at radius 1 is 1.52 bits per heavy atom. The van der Waals surface area contributed by atoms with E-state index in [-0.39, 0.29) is 5.91 Å². The van der Waals surface area contributed by atoms with Crippen molar-refractivity contribution >= 4 is 39.2 Å². The molecule has 21 heavy (non-hydrogen) atoms. The molecule has 1 unspecified atom stereocenters. The van der Waals surface area contributed by atoms with Gasteiger partial charge in [0.15, 0.2) is 0 Å². The minimum atomic E-state index is -0.439. The first-order valence-corrected chi connectivity index (χ1v) is 7.28. The summed E-state index contributed by atoms with van der Waals surface area (Å²) < 4.78 is 4.89. The number of nitrogens with zero attached hydrogens (tertiary/aromatic N) is 2. The number of carbonyl (C=O) groups is 1. The summed E-state index contributed by atoms with van der Waals surface area (Å²) in [7, 11) is 1.59. The number of anilines is 2. The highest BCUT2D eigenvalue weighted by atomic mass is 32.1. The largest absolute Gasteiger partial charge is 0.383 e. The summed E-state index contributed by atoms with van der Waals surface area (Å²) in [5.41, 5.74) is 2.42. The Morgan fingerprint density at radius 2 is 2.33 bits per heavy atom. The van der Waals surface area contributed by atoms with E-state index in [0.717, 1.165) is 10.2 Å². The third kappa shape index (κ3) is 3.78. The lowest BCUT2D eigenvalue weighted by Crippen LogP contribution is -2.39. The number of aromatic nitrogens is 2. The average Bonchev–Trinajstić information content (AvgIpc) is 2.95. The van der Waals surface area contributed by atoms with Crippen molar-refractivity contribution in [2.75, 3.05) is 31.0 Å². The first-order valence-electron chi connectivity index (χ1n) is 6.40. The van der Waals surface area contributed by atoms with E-state index in [1.54, 1.807) is 14.0 Å². The number of rotatable bonds is 7. The third-order valence-electron chi connectivity index (χ3n) is 2.81. The molecule has 0 radical (unpaired) electrons. The van der Waals surface area contributed by atoms with Crippen LogP contribution in [0.5, 0.6) is 0 Å². The SMILES string of the molecule is COCCNC(=O)C(C)Nc1nc(NN)nc2sccc12. The number of hydrogen-bond donors (Lipinski definition) is 4. The lowest BCUT2D eigenvalue weighted by molar-refractivity contribution is -0.121. The topological polar surface area (TPSA) is 114 Å². The van der Waals surface area contributed by atoms with Crippen molar-refractivity contribution in [3.05, 3.63) is 11.4 Å². The molecule has 9 heteroatoms. The number of nitrogen functional groups attached to an aromatic ring is 1. The first-order chi connectivity index (χ1) is 10.2. The summed E-state index contributed by atoms with van der Waals surface area (Å²) in [6, 6.07) is 1.46. The first kappa shape index (κ1) is 15.4. The summed E-state index contributed by atoms with van der Waals surface area (Å²) in [5.74, 6) is 6.11. The Balaban J connectivity index is 2.11. The molecule has 0 aliphatic heterocycles. The molecule has 1 amide bonds. The number of hydrazine groups is 1. The van der Waals surface area contributed by atoms with E-state index in [1.807, 2.05) is 11.4 Å². The van der Waals surface area contributed by atoms with Crippen LogP contribution in [0.2, 0.25) is 0 Å². The van der Waals surface area contributed by atoms with E-state index in [1.165, 1.54) is 11.3 Å². The van der Waals surface area contributed by atoms with Gasteiger partial charge in [-0.15, -0.1) is 11.3 Å². The predicted octanol–water partition coefficient (Wildman–Crippen LogP) is 0.540. The Bertz CT molecular complexity index is 617. The Hall–Kier alpha value is -1.97. The van der Waals surface area contributed by atoms with Crippen LogP contribution in [0.25, 0.3) is 10.2 Å². The maximum absolute atomic E-state index is 11.9. The minimum Gasteiger partial charge on any atom is -0.383 e. The normalized spacial score (nSPS) is 12.1. The van der Waals surface area contributed by atoms with E-state index in [2.05, 4.69) is 26.0 Å². The summed E-state index contributed by atoms with van der Waals surface area (Å²) in [6.07, 6.45) is 0. The van der Waals surface area contributed by atoms with E-state index >= 15 is 0 Å². The fraction of sp³-hybridized carbons (Fsp3) is 0.417. The second-order valence-corrected chi connectivity index (χ2v) is 5.22.